The molecule has 0 bridgehead atoms. The fraction of sp³-hybridized carbons (Fsp3) is 0.409. The van der Waals surface area contributed by atoms with Crippen LogP contribution in [0.15, 0.2) is 48.5 Å². The lowest BCUT2D eigenvalue weighted by molar-refractivity contribution is -0.127. The summed E-state index contributed by atoms with van der Waals surface area (Å²) in [6, 6.07) is 15.9. The quantitative estimate of drug-likeness (QED) is 0.726. The Kier molecular flexibility index (Phi) is 6.58. The number of carbonyl (C=O) groups excluding carboxylic acids is 1. The lowest BCUT2D eigenvalue weighted by atomic mass is 10.0. The van der Waals surface area contributed by atoms with Crippen LogP contribution in [0.1, 0.15) is 25.3 Å². The van der Waals surface area contributed by atoms with Gasteiger partial charge < -0.3 is 19.7 Å². The molecule has 1 heterocycles. The van der Waals surface area contributed by atoms with Crippen LogP contribution in [0.4, 0.5) is 5.69 Å². The first kappa shape index (κ1) is 19.1. The summed E-state index contributed by atoms with van der Waals surface area (Å²) >= 11 is 0. The van der Waals surface area contributed by atoms with E-state index in [1.807, 2.05) is 18.2 Å². The van der Waals surface area contributed by atoms with Crippen LogP contribution in [-0.4, -0.2) is 38.8 Å². The molecule has 0 radical (unpaired) electrons. The number of methoxy groups -OCH3 is 1. The number of amides is 1. The first-order valence-corrected chi connectivity index (χ1v) is 9.59. The van der Waals surface area contributed by atoms with E-state index in [0.29, 0.717) is 18.0 Å². The first-order chi connectivity index (χ1) is 13.2. The number of rotatable bonds is 8. The highest BCUT2D eigenvalue weighted by molar-refractivity contribution is 5.80. The van der Waals surface area contributed by atoms with E-state index >= 15 is 0 Å². The minimum absolute atomic E-state index is 0.111. The van der Waals surface area contributed by atoms with E-state index < -0.39 is 6.10 Å². The molecular formula is C22H28N2O3. The third-order valence-corrected chi connectivity index (χ3v) is 4.85. The van der Waals surface area contributed by atoms with Crippen LogP contribution in [-0.2, 0) is 11.2 Å². The molecule has 0 fully saturated rings. The summed E-state index contributed by atoms with van der Waals surface area (Å²) in [5.74, 6) is 1.09. The fourth-order valence-electron chi connectivity index (χ4n) is 3.43. The molecule has 0 aromatic heterocycles. The number of ether oxygens (including phenoxy) is 2. The average molecular weight is 368 g/mol. The van der Waals surface area contributed by atoms with Crippen molar-refractivity contribution in [3.63, 3.8) is 0 Å². The van der Waals surface area contributed by atoms with Crippen molar-refractivity contribution in [2.45, 2.75) is 32.3 Å². The van der Waals surface area contributed by atoms with Crippen molar-refractivity contribution in [2.75, 3.05) is 31.6 Å². The van der Waals surface area contributed by atoms with Crippen LogP contribution in [0.5, 0.6) is 11.5 Å². The Morgan fingerprint density at radius 1 is 1.15 bits per heavy atom. The lowest BCUT2D eigenvalue weighted by Crippen LogP contribution is -2.38. The minimum Gasteiger partial charge on any atom is -0.493 e. The molecule has 2 aromatic carbocycles. The van der Waals surface area contributed by atoms with E-state index in [1.54, 1.807) is 20.1 Å². The largest absolute Gasteiger partial charge is 0.493 e. The van der Waals surface area contributed by atoms with Crippen molar-refractivity contribution < 1.29 is 14.3 Å². The standard InChI is InChI=1S/C22H28N2O3/c1-17(27-21-13-6-5-12-20(21)26-2)22(25)23-14-8-16-24-15-7-10-18-9-3-4-11-19(18)24/h3-6,9,11-13,17H,7-8,10,14-16H2,1-2H3,(H,23,25)/t17-/m1/s1. The molecule has 1 atom stereocenters. The maximum atomic E-state index is 12.3. The SMILES string of the molecule is COc1ccccc1O[C@H](C)C(=O)NCCCN1CCCc2ccccc21. The first-order valence-electron chi connectivity index (χ1n) is 9.59. The molecule has 1 aliphatic heterocycles. The summed E-state index contributed by atoms with van der Waals surface area (Å²) in [4.78, 5) is 14.7. The zero-order valence-electron chi connectivity index (χ0n) is 16.1. The zero-order valence-corrected chi connectivity index (χ0v) is 16.1. The number of hydrogen-bond acceptors (Lipinski definition) is 4. The second-order valence-corrected chi connectivity index (χ2v) is 6.77. The molecule has 0 saturated heterocycles. The van der Waals surface area contributed by atoms with Gasteiger partial charge in [-0.05, 0) is 49.9 Å². The molecule has 5 heteroatoms. The van der Waals surface area contributed by atoms with E-state index in [4.69, 9.17) is 9.47 Å². The molecule has 0 unspecified atom stereocenters. The average Bonchev–Trinajstić information content (AvgIpc) is 2.71. The summed E-state index contributed by atoms with van der Waals surface area (Å²) < 4.78 is 11.0. The minimum atomic E-state index is -0.572. The number of fused-ring (bicyclic) bond motifs is 1. The highest BCUT2D eigenvalue weighted by Crippen LogP contribution is 2.27. The van der Waals surface area contributed by atoms with Crippen molar-refractivity contribution in [3.05, 3.63) is 54.1 Å². The van der Waals surface area contributed by atoms with E-state index in [0.717, 1.165) is 25.9 Å². The summed E-state index contributed by atoms with van der Waals surface area (Å²) in [6.45, 7) is 4.41. The maximum Gasteiger partial charge on any atom is 0.260 e. The molecule has 27 heavy (non-hydrogen) atoms. The molecule has 1 aliphatic rings. The number of hydrogen-bond donors (Lipinski definition) is 1. The Balaban J connectivity index is 1.43. The highest BCUT2D eigenvalue weighted by Gasteiger charge is 2.18. The second kappa shape index (κ2) is 9.31. The van der Waals surface area contributed by atoms with Crippen molar-refractivity contribution in [2.24, 2.45) is 0 Å². The summed E-state index contributed by atoms with van der Waals surface area (Å²) in [7, 11) is 1.59. The van der Waals surface area contributed by atoms with Gasteiger partial charge in [0.1, 0.15) is 0 Å². The second-order valence-electron chi connectivity index (χ2n) is 6.77. The fourth-order valence-corrected chi connectivity index (χ4v) is 3.43. The van der Waals surface area contributed by atoms with Crippen LogP contribution in [0.2, 0.25) is 0 Å². The van der Waals surface area contributed by atoms with Crippen molar-refractivity contribution in [1.29, 1.82) is 0 Å². The van der Waals surface area contributed by atoms with Gasteiger partial charge in [0.25, 0.3) is 5.91 Å². The molecule has 0 spiro atoms. The van der Waals surface area contributed by atoms with Crippen molar-refractivity contribution in [1.82, 2.24) is 5.32 Å². The van der Waals surface area contributed by atoms with Gasteiger partial charge in [0, 0.05) is 25.3 Å². The monoisotopic (exact) mass is 368 g/mol. The number of para-hydroxylation sites is 3. The van der Waals surface area contributed by atoms with E-state index in [1.165, 1.54) is 17.7 Å². The summed E-state index contributed by atoms with van der Waals surface area (Å²) in [5.41, 5.74) is 2.76. The predicted molar refractivity (Wildman–Crippen MR) is 108 cm³/mol. The summed E-state index contributed by atoms with van der Waals surface area (Å²) in [6.07, 6.45) is 2.67. The third-order valence-electron chi connectivity index (χ3n) is 4.85. The molecule has 1 amide bonds. The van der Waals surface area contributed by atoms with Gasteiger partial charge in [0.2, 0.25) is 0 Å². The number of aryl methyl sites for hydroxylation is 1. The van der Waals surface area contributed by atoms with Gasteiger partial charge in [0.05, 0.1) is 7.11 Å². The number of nitrogens with one attached hydrogen (secondary N) is 1. The van der Waals surface area contributed by atoms with Gasteiger partial charge in [-0.1, -0.05) is 30.3 Å². The Morgan fingerprint density at radius 2 is 1.89 bits per heavy atom. The van der Waals surface area contributed by atoms with Gasteiger partial charge in [-0.3, -0.25) is 4.79 Å². The molecule has 5 nitrogen and oxygen atoms in total. The zero-order chi connectivity index (χ0) is 19.1. The molecule has 2 aromatic rings. The molecule has 0 saturated carbocycles. The van der Waals surface area contributed by atoms with Crippen LogP contribution >= 0.6 is 0 Å². The smallest absolute Gasteiger partial charge is 0.260 e. The van der Waals surface area contributed by atoms with Crippen LogP contribution in [0, 0.1) is 0 Å². The molecule has 1 N–H and O–H groups in total. The predicted octanol–water partition coefficient (Wildman–Crippen LogP) is 3.42. The Morgan fingerprint density at radius 3 is 2.70 bits per heavy atom. The maximum absolute atomic E-state index is 12.3. The van der Waals surface area contributed by atoms with Gasteiger partial charge in [-0.25, -0.2) is 0 Å². The number of anilines is 1. The number of carbonyl (C=O) groups is 1. The summed E-state index contributed by atoms with van der Waals surface area (Å²) in [5, 5.41) is 2.97. The van der Waals surface area contributed by atoms with Gasteiger partial charge in [-0.15, -0.1) is 0 Å². The third kappa shape index (κ3) is 4.94. The number of nitrogens with zero attached hydrogens (tertiary/aromatic N) is 1. The van der Waals surface area contributed by atoms with E-state index in [2.05, 4.69) is 34.5 Å². The lowest BCUT2D eigenvalue weighted by Gasteiger charge is -2.31. The molecule has 144 valence electrons. The molecular weight excluding hydrogens is 340 g/mol. The van der Waals surface area contributed by atoms with Crippen molar-refractivity contribution in [3.8, 4) is 11.5 Å². The van der Waals surface area contributed by atoms with Crippen LogP contribution in [0.25, 0.3) is 0 Å². The Hall–Kier alpha value is -2.69. The Labute approximate surface area is 161 Å². The normalized spacial score (nSPS) is 14.2. The van der Waals surface area contributed by atoms with E-state index in [-0.39, 0.29) is 5.91 Å². The Bertz CT molecular complexity index is 763. The highest BCUT2D eigenvalue weighted by atomic mass is 16.5. The van der Waals surface area contributed by atoms with Gasteiger partial charge >= 0.3 is 0 Å². The molecule has 3 rings (SSSR count). The topological polar surface area (TPSA) is 50.8 Å². The van der Waals surface area contributed by atoms with Crippen LogP contribution in [0.3, 0.4) is 0 Å². The van der Waals surface area contributed by atoms with Gasteiger partial charge in [-0.2, -0.15) is 0 Å². The number of benzene rings is 2. The van der Waals surface area contributed by atoms with Crippen LogP contribution < -0.4 is 19.7 Å². The van der Waals surface area contributed by atoms with Gasteiger partial charge in [0.15, 0.2) is 17.6 Å². The van der Waals surface area contributed by atoms with Crippen molar-refractivity contribution >= 4 is 11.6 Å². The van der Waals surface area contributed by atoms with E-state index in [9.17, 15) is 4.79 Å². The molecule has 0 aliphatic carbocycles.